The molecular weight excluding hydrogens is 394 g/mol. The Kier molecular flexibility index (Phi) is 3.80. The number of amides is 2. The van der Waals surface area contributed by atoms with Crippen molar-refractivity contribution in [2.45, 2.75) is 51.0 Å². The summed E-state index contributed by atoms with van der Waals surface area (Å²) in [7, 11) is 1.28. The Labute approximate surface area is 180 Å². The maximum absolute atomic E-state index is 13.6. The molecular formula is C24H25N3O4. The Morgan fingerprint density at radius 1 is 1.06 bits per heavy atom. The molecule has 2 heterocycles. The summed E-state index contributed by atoms with van der Waals surface area (Å²) in [5.41, 5.74) is 1.48. The lowest BCUT2D eigenvalue weighted by molar-refractivity contribution is -0.0503. The molecule has 31 heavy (non-hydrogen) atoms. The van der Waals surface area contributed by atoms with Gasteiger partial charge in [-0.1, -0.05) is 12.1 Å². The van der Waals surface area contributed by atoms with Crippen LogP contribution in [0.15, 0.2) is 24.3 Å². The molecule has 7 rings (SSSR count). The number of carbonyl (C=O) groups excluding carboxylic acids is 3. The summed E-state index contributed by atoms with van der Waals surface area (Å²) in [6, 6.07) is 7.29. The smallest absolute Gasteiger partial charge is 0.359 e. The third kappa shape index (κ3) is 2.52. The predicted molar refractivity (Wildman–Crippen MR) is 112 cm³/mol. The van der Waals surface area contributed by atoms with E-state index < -0.39 is 17.8 Å². The zero-order valence-corrected chi connectivity index (χ0v) is 17.8. The minimum Gasteiger partial charge on any atom is -0.464 e. The maximum Gasteiger partial charge on any atom is 0.359 e. The molecule has 2 amide bonds. The van der Waals surface area contributed by atoms with Crippen molar-refractivity contribution in [2.75, 3.05) is 12.0 Å². The van der Waals surface area contributed by atoms with Crippen LogP contribution in [0.5, 0.6) is 0 Å². The van der Waals surface area contributed by atoms with Gasteiger partial charge in [-0.2, -0.15) is 5.10 Å². The van der Waals surface area contributed by atoms with Gasteiger partial charge in [0.15, 0.2) is 5.69 Å². The van der Waals surface area contributed by atoms with Crippen LogP contribution in [0.4, 0.5) is 5.69 Å². The summed E-state index contributed by atoms with van der Waals surface area (Å²) in [5, 5.41) is 4.61. The van der Waals surface area contributed by atoms with Crippen LogP contribution in [0.2, 0.25) is 0 Å². The topological polar surface area (TPSA) is 81.5 Å². The van der Waals surface area contributed by atoms with E-state index in [0.29, 0.717) is 23.4 Å². The average molecular weight is 419 g/mol. The number of carbonyl (C=O) groups is 3. The van der Waals surface area contributed by atoms with Gasteiger partial charge >= 0.3 is 5.97 Å². The number of ether oxygens (including phenoxy) is 1. The average Bonchev–Trinajstić information content (AvgIpc) is 3.24. The van der Waals surface area contributed by atoms with Gasteiger partial charge in [-0.05, 0) is 80.9 Å². The second-order valence-electron chi connectivity index (χ2n) is 9.90. The fraction of sp³-hybridized carbons (Fsp3) is 0.500. The van der Waals surface area contributed by atoms with E-state index in [-0.39, 0.29) is 22.5 Å². The van der Waals surface area contributed by atoms with E-state index in [1.807, 2.05) is 25.1 Å². The van der Waals surface area contributed by atoms with Gasteiger partial charge in [-0.3, -0.25) is 14.3 Å². The Bertz CT molecular complexity index is 1110. The minimum absolute atomic E-state index is 0.0400. The summed E-state index contributed by atoms with van der Waals surface area (Å²) in [6.45, 7) is 1.92. The van der Waals surface area contributed by atoms with Crippen LogP contribution in [-0.4, -0.2) is 34.7 Å². The second kappa shape index (κ2) is 6.28. The number of aryl methyl sites for hydroxylation is 1. The highest BCUT2D eigenvalue weighted by Crippen LogP contribution is 2.59. The number of aromatic nitrogens is 2. The monoisotopic (exact) mass is 419 g/mol. The highest BCUT2D eigenvalue weighted by atomic mass is 16.5. The fourth-order valence-corrected chi connectivity index (χ4v) is 7.04. The number of hydrogen-bond donors (Lipinski definition) is 0. The molecule has 4 saturated carbocycles. The van der Waals surface area contributed by atoms with E-state index in [0.717, 1.165) is 24.8 Å². The zero-order valence-electron chi connectivity index (χ0n) is 17.8. The molecule has 1 aromatic carbocycles. The van der Waals surface area contributed by atoms with Crippen LogP contribution in [-0.2, 0) is 10.3 Å². The number of imide groups is 1. The molecule has 1 aromatic heterocycles. The summed E-state index contributed by atoms with van der Waals surface area (Å²) >= 11 is 0. The molecule has 4 bridgehead atoms. The number of benzene rings is 1. The first-order valence-corrected chi connectivity index (χ1v) is 11.1. The molecule has 1 aliphatic heterocycles. The van der Waals surface area contributed by atoms with Crippen LogP contribution >= 0.6 is 0 Å². The van der Waals surface area contributed by atoms with Crippen molar-refractivity contribution in [1.82, 2.24) is 9.78 Å². The number of anilines is 1. The van der Waals surface area contributed by atoms with Gasteiger partial charge in [0.1, 0.15) is 11.3 Å². The van der Waals surface area contributed by atoms with Gasteiger partial charge in [0, 0.05) is 0 Å². The van der Waals surface area contributed by atoms with Gasteiger partial charge in [0.05, 0.1) is 18.3 Å². The summed E-state index contributed by atoms with van der Waals surface area (Å²) < 4.78 is 6.71. The quantitative estimate of drug-likeness (QED) is 0.560. The van der Waals surface area contributed by atoms with Crippen molar-refractivity contribution in [2.24, 2.45) is 17.8 Å². The minimum atomic E-state index is -0.674. The number of fused-ring (bicyclic) bond motifs is 1. The Morgan fingerprint density at radius 3 is 2.29 bits per heavy atom. The molecule has 2 aromatic rings. The van der Waals surface area contributed by atoms with Crippen molar-refractivity contribution < 1.29 is 19.1 Å². The molecule has 7 heteroatoms. The maximum atomic E-state index is 13.6. The first-order chi connectivity index (χ1) is 14.9. The molecule has 0 N–H and O–H groups in total. The molecule has 7 nitrogen and oxygen atoms in total. The molecule has 0 saturated heterocycles. The van der Waals surface area contributed by atoms with E-state index in [2.05, 4.69) is 5.10 Å². The fourth-order valence-electron chi connectivity index (χ4n) is 7.04. The second-order valence-corrected chi connectivity index (χ2v) is 9.90. The van der Waals surface area contributed by atoms with Crippen LogP contribution < -0.4 is 4.90 Å². The van der Waals surface area contributed by atoms with Crippen molar-refractivity contribution in [1.29, 1.82) is 0 Å². The first-order valence-electron chi connectivity index (χ1n) is 11.1. The third-order valence-corrected chi connectivity index (χ3v) is 7.80. The third-order valence-electron chi connectivity index (χ3n) is 7.80. The largest absolute Gasteiger partial charge is 0.464 e. The Balaban J connectivity index is 1.53. The molecule has 0 radical (unpaired) electrons. The Morgan fingerprint density at radius 2 is 1.71 bits per heavy atom. The summed E-state index contributed by atoms with van der Waals surface area (Å²) in [5.74, 6) is 0.325. The van der Waals surface area contributed by atoms with Gasteiger partial charge in [0.2, 0.25) is 0 Å². The van der Waals surface area contributed by atoms with Gasteiger partial charge in [-0.15, -0.1) is 0 Å². The standard InChI is InChI=1S/C24H25N3O4/c1-13-4-3-5-17(6-13)26-21(28)18-19(23(30)31-2)25-27(20(18)22(26)29)24-10-14-7-15(11-24)9-16(8-14)12-24/h3-6,14-16H,7-12H2,1-2H3. The molecule has 5 aliphatic rings. The van der Waals surface area contributed by atoms with Gasteiger partial charge in [0.25, 0.3) is 11.8 Å². The zero-order chi connectivity index (χ0) is 21.5. The van der Waals surface area contributed by atoms with E-state index in [9.17, 15) is 14.4 Å². The Hall–Kier alpha value is -2.96. The van der Waals surface area contributed by atoms with Crippen molar-refractivity contribution >= 4 is 23.5 Å². The molecule has 4 fully saturated rings. The van der Waals surface area contributed by atoms with E-state index >= 15 is 0 Å². The van der Waals surface area contributed by atoms with Crippen molar-refractivity contribution in [3.8, 4) is 0 Å². The van der Waals surface area contributed by atoms with Crippen LogP contribution in [0.25, 0.3) is 0 Å². The lowest BCUT2D eigenvalue weighted by Crippen LogP contribution is -2.53. The molecule has 0 atom stereocenters. The highest BCUT2D eigenvalue weighted by Gasteiger charge is 2.56. The lowest BCUT2D eigenvalue weighted by Gasteiger charge is -2.56. The highest BCUT2D eigenvalue weighted by molar-refractivity contribution is 6.35. The molecule has 4 aliphatic carbocycles. The number of rotatable bonds is 3. The van der Waals surface area contributed by atoms with Crippen LogP contribution in [0, 0.1) is 24.7 Å². The number of hydrogen-bond acceptors (Lipinski definition) is 5. The van der Waals surface area contributed by atoms with E-state index in [1.165, 1.54) is 31.3 Å². The normalized spacial score (nSPS) is 30.8. The predicted octanol–water partition coefficient (Wildman–Crippen LogP) is 3.70. The van der Waals surface area contributed by atoms with Crippen LogP contribution in [0.1, 0.15) is 75.4 Å². The van der Waals surface area contributed by atoms with E-state index in [1.54, 1.807) is 10.7 Å². The van der Waals surface area contributed by atoms with E-state index in [4.69, 9.17) is 4.74 Å². The van der Waals surface area contributed by atoms with Crippen molar-refractivity contribution in [3.05, 3.63) is 46.8 Å². The van der Waals surface area contributed by atoms with Gasteiger partial charge < -0.3 is 4.74 Å². The molecule has 160 valence electrons. The van der Waals surface area contributed by atoms with Gasteiger partial charge in [-0.25, -0.2) is 9.69 Å². The summed E-state index contributed by atoms with van der Waals surface area (Å²) in [6.07, 6.45) is 6.61. The number of methoxy groups -OCH3 is 1. The summed E-state index contributed by atoms with van der Waals surface area (Å²) in [4.78, 5) is 40.9. The van der Waals surface area contributed by atoms with Crippen LogP contribution in [0.3, 0.4) is 0 Å². The first kappa shape index (κ1) is 18.8. The molecule has 0 unspecified atom stereocenters. The SMILES string of the molecule is COC(=O)c1nn(C23CC4CC(CC(C4)C2)C3)c2c1C(=O)N(c1cccc(C)c1)C2=O. The number of esters is 1. The molecule has 0 spiro atoms. The number of nitrogens with zero attached hydrogens (tertiary/aromatic N) is 3. The lowest BCUT2D eigenvalue weighted by atomic mass is 9.53. The van der Waals surface area contributed by atoms with Crippen molar-refractivity contribution in [3.63, 3.8) is 0 Å².